The SMILES string of the molecule is Cn1ccc(CN[C@H]2CCc3cc(-n4c(-c5cccnc5N)nc5ccc(-n6cccn6)nc54)ccc32)n1. The van der Waals surface area contributed by atoms with Crippen LogP contribution in [0.15, 0.2) is 79.4 Å². The predicted molar refractivity (Wildman–Crippen MR) is 145 cm³/mol. The monoisotopic (exact) mass is 502 g/mol. The van der Waals surface area contributed by atoms with Gasteiger partial charge in [0, 0.05) is 50.1 Å². The Morgan fingerprint density at radius 2 is 1.97 bits per heavy atom. The highest BCUT2D eigenvalue weighted by atomic mass is 15.3. The first-order valence-corrected chi connectivity index (χ1v) is 12.6. The quantitative estimate of drug-likeness (QED) is 0.356. The van der Waals surface area contributed by atoms with Gasteiger partial charge in [-0.25, -0.2) is 19.6 Å². The van der Waals surface area contributed by atoms with Gasteiger partial charge in [-0.1, -0.05) is 6.07 Å². The van der Waals surface area contributed by atoms with E-state index in [1.165, 1.54) is 11.1 Å². The van der Waals surface area contributed by atoms with Gasteiger partial charge in [0.2, 0.25) is 0 Å². The molecule has 7 rings (SSSR count). The Balaban J connectivity index is 1.32. The number of pyridine rings is 2. The van der Waals surface area contributed by atoms with E-state index in [-0.39, 0.29) is 0 Å². The number of nitrogen functional groups attached to an aromatic ring is 1. The summed E-state index contributed by atoms with van der Waals surface area (Å²) in [5.74, 6) is 1.85. The summed E-state index contributed by atoms with van der Waals surface area (Å²) in [5, 5.41) is 12.5. The number of aromatic nitrogens is 8. The van der Waals surface area contributed by atoms with Gasteiger partial charge in [0.05, 0.1) is 11.3 Å². The fourth-order valence-corrected chi connectivity index (χ4v) is 5.25. The molecule has 10 nitrogen and oxygen atoms in total. The summed E-state index contributed by atoms with van der Waals surface area (Å²) in [7, 11) is 1.94. The molecule has 0 bridgehead atoms. The van der Waals surface area contributed by atoms with E-state index in [1.54, 1.807) is 17.1 Å². The topological polar surface area (TPSA) is 117 Å². The van der Waals surface area contributed by atoms with Gasteiger partial charge >= 0.3 is 0 Å². The zero-order chi connectivity index (χ0) is 25.6. The molecule has 0 fully saturated rings. The Morgan fingerprint density at radius 3 is 2.79 bits per heavy atom. The van der Waals surface area contributed by atoms with Crippen LogP contribution >= 0.6 is 0 Å². The summed E-state index contributed by atoms with van der Waals surface area (Å²) >= 11 is 0. The number of anilines is 1. The molecule has 0 spiro atoms. The molecule has 38 heavy (non-hydrogen) atoms. The molecule has 10 heteroatoms. The maximum absolute atomic E-state index is 6.31. The van der Waals surface area contributed by atoms with E-state index in [4.69, 9.17) is 15.7 Å². The van der Waals surface area contributed by atoms with Crippen LogP contribution in [0.25, 0.3) is 34.1 Å². The number of hydrogen-bond donors (Lipinski definition) is 2. The lowest BCUT2D eigenvalue weighted by Gasteiger charge is -2.15. The van der Waals surface area contributed by atoms with Crippen LogP contribution in [-0.4, -0.2) is 39.1 Å². The van der Waals surface area contributed by atoms with Crippen molar-refractivity contribution >= 4 is 17.0 Å². The molecule has 6 aromatic rings. The van der Waals surface area contributed by atoms with E-state index in [9.17, 15) is 0 Å². The molecule has 5 aromatic heterocycles. The molecule has 0 radical (unpaired) electrons. The molecule has 3 N–H and O–H groups in total. The minimum absolute atomic E-state index is 0.290. The minimum atomic E-state index is 0.290. The second-order valence-corrected chi connectivity index (χ2v) is 9.51. The molecular formula is C28H26N10. The lowest BCUT2D eigenvalue weighted by atomic mass is 10.1. The molecule has 5 heterocycles. The van der Waals surface area contributed by atoms with E-state index in [2.05, 4.69) is 43.3 Å². The van der Waals surface area contributed by atoms with Crippen molar-refractivity contribution in [2.75, 3.05) is 5.73 Å². The van der Waals surface area contributed by atoms with Crippen LogP contribution in [0.4, 0.5) is 5.82 Å². The van der Waals surface area contributed by atoms with E-state index in [0.717, 1.165) is 47.5 Å². The minimum Gasteiger partial charge on any atom is -0.383 e. The van der Waals surface area contributed by atoms with E-state index in [0.29, 0.717) is 23.5 Å². The van der Waals surface area contributed by atoms with Crippen LogP contribution in [0.5, 0.6) is 0 Å². The number of nitrogens with zero attached hydrogens (tertiary/aromatic N) is 8. The molecule has 0 amide bonds. The first kappa shape index (κ1) is 22.4. The van der Waals surface area contributed by atoms with Crippen LogP contribution in [0, 0.1) is 0 Å². The number of imidazole rings is 1. The molecule has 0 unspecified atom stereocenters. The number of nitrogens with one attached hydrogen (secondary N) is 1. The van der Waals surface area contributed by atoms with Crippen molar-refractivity contribution in [3.05, 3.63) is 96.2 Å². The summed E-state index contributed by atoms with van der Waals surface area (Å²) in [6.45, 7) is 0.739. The Bertz CT molecular complexity index is 1760. The standard InChI is InChI=1S/C28H26N10/c1-36-15-11-19(35-36)17-31-23-8-5-18-16-20(6-7-21(18)23)38-27(22-4-2-12-30-26(22)29)33-24-9-10-25(34-28(24)38)37-14-3-13-32-37/h2-4,6-7,9-16,23,31H,5,8,17H2,1H3,(H2,29,30)/t23-/m0/s1. The predicted octanol–water partition coefficient (Wildman–Crippen LogP) is 3.76. The van der Waals surface area contributed by atoms with Gasteiger partial charge in [-0.05, 0) is 72.5 Å². The van der Waals surface area contributed by atoms with Gasteiger partial charge in [0.1, 0.15) is 11.3 Å². The van der Waals surface area contributed by atoms with Crippen molar-refractivity contribution in [2.45, 2.75) is 25.4 Å². The number of rotatable bonds is 6. The average molecular weight is 503 g/mol. The Morgan fingerprint density at radius 1 is 1.03 bits per heavy atom. The van der Waals surface area contributed by atoms with Gasteiger partial charge < -0.3 is 11.1 Å². The van der Waals surface area contributed by atoms with Crippen LogP contribution in [0.3, 0.4) is 0 Å². The third-order valence-corrected chi connectivity index (χ3v) is 7.07. The number of hydrogen-bond acceptors (Lipinski definition) is 7. The van der Waals surface area contributed by atoms with Crippen LogP contribution in [0.1, 0.15) is 29.3 Å². The molecule has 1 aromatic carbocycles. The lowest BCUT2D eigenvalue weighted by molar-refractivity contribution is 0.522. The first-order chi connectivity index (χ1) is 18.6. The molecule has 0 aliphatic heterocycles. The lowest BCUT2D eigenvalue weighted by Crippen LogP contribution is -2.19. The smallest absolute Gasteiger partial charge is 0.167 e. The second-order valence-electron chi connectivity index (χ2n) is 9.51. The van der Waals surface area contributed by atoms with Gasteiger partial charge in [0.25, 0.3) is 0 Å². The van der Waals surface area contributed by atoms with E-state index in [1.807, 2.05) is 60.5 Å². The number of nitrogens with two attached hydrogens (primary N) is 1. The Kier molecular flexibility index (Phi) is 5.26. The number of aryl methyl sites for hydroxylation is 2. The molecule has 1 atom stereocenters. The maximum atomic E-state index is 6.31. The van der Waals surface area contributed by atoms with Crippen LogP contribution in [-0.2, 0) is 20.0 Å². The average Bonchev–Trinajstić information content (AvgIpc) is 3.73. The van der Waals surface area contributed by atoms with Crippen LogP contribution < -0.4 is 11.1 Å². The maximum Gasteiger partial charge on any atom is 0.167 e. The van der Waals surface area contributed by atoms with Gasteiger partial charge in [0.15, 0.2) is 17.3 Å². The zero-order valence-electron chi connectivity index (χ0n) is 20.9. The van der Waals surface area contributed by atoms with Gasteiger partial charge in [-0.2, -0.15) is 10.2 Å². The molecule has 0 saturated carbocycles. The normalized spacial score (nSPS) is 14.8. The highest BCUT2D eigenvalue weighted by Crippen LogP contribution is 2.36. The molecule has 1 aliphatic rings. The van der Waals surface area contributed by atoms with Crippen molar-refractivity contribution in [1.29, 1.82) is 0 Å². The fourth-order valence-electron chi connectivity index (χ4n) is 5.25. The molecular weight excluding hydrogens is 476 g/mol. The fraction of sp³-hybridized carbons (Fsp3) is 0.179. The van der Waals surface area contributed by atoms with E-state index >= 15 is 0 Å². The summed E-state index contributed by atoms with van der Waals surface area (Å²) < 4.78 is 5.65. The van der Waals surface area contributed by atoms with Crippen molar-refractivity contribution in [3.63, 3.8) is 0 Å². The largest absolute Gasteiger partial charge is 0.383 e. The van der Waals surface area contributed by atoms with Crippen molar-refractivity contribution in [2.24, 2.45) is 7.05 Å². The highest BCUT2D eigenvalue weighted by Gasteiger charge is 2.25. The van der Waals surface area contributed by atoms with Gasteiger partial charge in [-0.15, -0.1) is 0 Å². The third-order valence-electron chi connectivity index (χ3n) is 7.07. The van der Waals surface area contributed by atoms with Crippen molar-refractivity contribution < 1.29 is 0 Å². The van der Waals surface area contributed by atoms with Crippen molar-refractivity contribution in [1.82, 2.24) is 44.4 Å². The molecule has 0 saturated heterocycles. The Hall–Kier alpha value is -4.83. The summed E-state index contributed by atoms with van der Waals surface area (Å²) in [6, 6.07) is 18.5. The number of benzene rings is 1. The van der Waals surface area contributed by atoms with Crippen molar-refractivity contribution in [3.8, 4) is 22.9 Å². The molecule has 188 valence electrons. The van der Waals surface area contributed by atoms with E-state index < -0.39 is 0 Å². The second kappa shape index (κ2) is 8.93. The third kappa shape index (κ3) is 3.82. The summed E-state index contributed by atoms with van der Waals surface area (Å²) in [5.41, 5.74) is 13.2. The van der Waals surface area contributed by atoms with Crippen LogP contribution in [0.2, 0.25) is 0 Å². The highest BCUT2D eigenvalue weighted by molar-refractivity contribution is 5.83. The Labute approximate surface area is 218 Å². The van der Waals surface area contributed by atoms with Gasteiger partial charge in [-0.3, -0.25) is 9.25 Å². The molecule has 1 aliphatic carbocycles. The summed E-state index contributed by atoms with van der Waals surface area (Å²) in [6.07, 6.45) is 9.31. The zero-order valence-corrected chi connectivity index (χ0v) is 20.9. The summed E-state index contributed by atoms with van der Waals surface area (Å²) in [4.78, 5) is 14.2. The number of fused-ring (bicyclic) bond motifs is 2. The first-order valence-electron chi connectivity index (χ1n) is 12.6.